The summed E-state index contributed by atoms with van der Waals surface area (Å²) in [4.78, 5) is 23.8. The van der Waals surface area contributed by atoms with Gasteiger partial charge in [0.05, 0.1) is 13.7 Å². The highest BCUT2D eigenvalue weighted by atomic mass is 35.5. The van der Waals surface area contributed by atoms with Crippen LogP contribution in [0.25, 0.3) is 11.1 Å². The fourth-order valence-corrected chi connectivity index (χ4v) is 2.88. The van der Waals surface area contributed by atoms with Crippen LogP contribution in [0.4, 0.5) is 4.79 Å². The molecule has 30 heavy (non-hydrogen) atoms. The van der Waals surface area contributed by atoms with Crippen LogP contribution in [0, 0.1) is 0 Å². The number of nitrogens with one attached hydrogen (secondary N) is 1. The van der Waals surface area contributed by atoms with E-state index in [4.69, 9.17) is 16.3 Å². The molecule has 0 aliphatic carbocycles. The Morgan fingerprint density at radius 2 is 1.80 bits per heavy atom. The van der Waals surface area contributed by atoms with Crippen molar-refractivity contribution in [3.8, 4) is 11.1 Å². The summed E-state index contributed by atoms with van der Waals surface area (Å²) in [7, 11) is 1.19. The zero-order valence-corrected chi connectivity index (χ0v) is 18.3. The van der Waals surface area contributed by atoms with Gasteiger partial charge in [-0.3, -0.25) is 5.43 Å². The molecule has 0 bridgehead atoms. The smallest absolute Gasteiger partial charge is 0.422 e. The molecule has 8 heteroatoms. The van der Waals surface area contributed by atoms with Crippen LogP contribution in [-0.2, 0) is 20.8 Å². The number of aliphatic hydroxyl groups is 1. The average Bonchev–Trinajstić information content (AvgIpc) is 2.66. The quantitative estimate of drug-likeness (QED) is 0.509. The van der Waals surface area contributed by atoms with Gasteiger partial charge in [-0.15, -0.1) is 0 Å². The summed E-state index contributed by atoms with van der Waals surface area (Å²) in [6.07, 6.45) is -2.11. The van der Waals surface area contributed by atoms with Crippen LogP contribution in [0.1, 0.15) is 26.3 Å². The molecule has 0 spiro atoms. The van der Waals surface area contributed by atoms with Gasteiger partial charge in [-0.1, -0.05) is 48.0 Å². The molecule has 2 N–H and O–H groups in total. The summed E-state index contributed by atoms with van der Waals surface area (Å²) in [5.74, 6) is -0.790. The van der Waals surface area contributed by atoms with E-state index in [-0.39, 0.29) is 13.1 Å². The first kappa shape index (κ1) is 23.7. The molecular formula is C22H27ClN2O5. The van der Waals surface area contributed by atoms with Crippen LogP contribution < -0.4 is 5.43 Å². The van der Waals surface area contributed by atoms with Crippen molar-refractivity contribution in [1.82, 2.24) is 10.4 Å². The standard InChI is InChI=1S/C22H27ClN2O5/c1-22(2,3)30-21(28)24-25(14-19(26)20(27)29-4)13-15-8-10-16(11-9-15)17-6-5-7-18(23)12-17/h5-12,19,26H,13-14H2,1-4H3,(H,24,28)/t19-/m0/s1. The van der Waals surface area contributed by atoms with E-state index < -0.39 is 23.8 Å². The molecule has 1 amide bonds. The molecule has 2 aromatic carbocycles. The molecule has 0 fully saturated rings. The fourth-order valence-electron chi connectivity index (χ4n) is 2.69. The van der Waals surface area contributed by atoms with E-state index in [1.807, 2.05) is 48.5 Å². The van der Waals surface area contributed by atoms with Crippen molar-refractivity contribution in [2.45, 2.75) is 39.0 Å². The second-order valence-electron chi connectivity index (χ2n) is 7.74. The summed E-state index contributed by atoms with van der Waals surface area (Å²) in [6, 6.07) is 15.2. The molecule has 0 saturated heterocycles. The number of ether oxygens (including phenoxy) is 2. The number of rotatable bonds is 7. The largest absolute Gasteiger partial charge is 0.467 e. The van der Waals surface area contributed by atoms with Gasteiger partial charge >= 0.3 is 12.1 Å². The Labute approximate surface area is 181 Å². The molecule has 2 rings (SSSR count). The van der Waals surface area contributed by atoms with Gasteiger partial charge < -0.3 is 14.6 Å². The number of esters is 1. The van der Waals surface area contributed by atoms with Crippen LogP contribution in [0.2, 0.25) is 5.02 Å². The van der Waals surface area contributed by atoms with E-state index in [2.05, 4.69) is 10.2 Å². The first-order valence-electron chi connectivity index (χ1n) is 9.43. The van der Waals surface area contributed by atoms with Gasteiger partial charge in [-0.2, -0.15) is 0 Å². The number of hydrogen-bond donors (Lipinski definition) is 2. The summed E-state index contributed by atoms with van der Waals surface area (Å²) < 4.78 is 9.81. The van der Waals surface area contributed by atoms with Crippen LogP contribution in [-0.4, -0.2) is 47.5 Å². The number of hydrogen-bond acceptors (Lipinski definition) is 6. The minimum Gasteiger partial charge on any atom is -0.467 e. The number of carbonyl (C=O) groups excluding carboxylic acids is 2. The van der Waals surface area contributed by atoms with Gasteiger partial charge in [-0.05, 0) is 49.6 Å². The van der Waals surface area contributed by atoms with Gasteiger partial charge in [0.1, 0.15) is 5.60 Å². The lowest BCUT2D eigenvalue weighted by atomic mass is 10.0. The number of carbonyl (C=O) groups is 2. The monoisotopic (exact) mass is 434 g/mol. The van der Waals surface area contributed by atoms with E-state index in [1.54, 1.807) is 20.8 Å². The third kappa shape index (κ3) is 7.67. The first-order chi connectivity index (χ1) is 14.1. The molecule has 0 heterocycles. The maximum atomic E-state index is 12.2. The predicted molar refractivity (Wildman–Crippen MR) is 115 cm³/mol. The third-order valence-corrected chi connectivity index (χ3v) is 4.24. The number of aliphatic hydroxyl groups excluding tert-OH is 1. The number of hydrazine groups is 1. The lowest BCUT2D eigenvalue weighted by molar-refractivity contribution is -0.152. The Morgan fingerprint density at radius 1 is 1.13 bits per heavy atom. The van der Waals surface area contributed by atoms with Crippen molar-refractivity contribution in [2.24, 2.45) is 0 Å². The number of benzene rings is 2. The SMILES string of the molecule is COC(=O)[C@@H](O)CN(Cc1ccc(-c2cccc(Cl)c2)cc1)NC(=O)OC(C)(C)C. The van der Waals surface area contributed by atoms with Crippen LogP contribution in [0.3, 0.4) is 0 Å². The Hall–Kier alpha value is -2.61. The van der Waals surface area contributed by atoms with Crippen molar-refractivity contribution in [3.63, 3.8) is 0 Å². The first-order valence-corrected chi connectivity index (χ1v) is 9.80. The molecule has 0 aromatic heterocycles. The zero-order valence-electron chi connectivity index (χ0n) is 17.5. The van der Waals surface area contributed by atoms with Crippen molar-refractivity contribution >= 4 is 23.7 Å². The van der Waals surface area contributed by atoms with E-state index in [9.17, 15) is 14.7 Å². The minimum absolute atomic E-state index is 0.165. The molecule has 0 radical (unpaired) electrons. The van der Waals surface area contributed by atoms with E-state index in [1.165, 1.54) is 12.1 Å². The normalized spacial score (nSPS) is 12.4. The summed E-state index contributed by atoms with van der Waals surface area (Å²) in [5.41, 5.74) is 4.72. The lowest BCUT2D eigenvalue weighted by Crippen LogP contribution is -2.48. The number of amides is 1. The molecule has 0 unspecified atom stereocenters. The van der Waals surface area contributed by atoms with Crippen molar-refractivity contribution < 1.29 is 24.2 Å². The maximum absolute atomic E-state index is 12.2. The van der Waals surface area contributed by atoms with Crippen molar-refractivity contribution in [3.05, 3.63) is 59.1 Å². The molecular weight excluding hydrogens is 408 g/mol. The molecule has 2 aromatic rings. The number of nitrogens with zero attached hydrogens (tertiary/aromatic N) is 1. The Balaban J connectivity index is 2.13. The van der Waals surface area contributed by atoms with E-state index in [0.29, 0.717) is 5.02 Å². The lowest BCUT2D eigenvalue weighted by Gasteiger charge is -2.27. The summed E-state index contributed by atoms with van der Waals surface area (Å²) in [5, 5.41) is 12.1. The molecule has 162 valence electrons. The van der Waals surface area contributed by atoms with E-state index in [0.717, 1.165) is 16.7 Å². The number of halogens is 1. The van der Waals surface area contributed by atoms with Gasteiger partial charge in [0, 0.05) is 11.6 Å². The minimum atomic E-state index is -1.42. The molecule has 0 saturated carbocycles. The van der Waals surface area contributed by atoms with Gasteiger partial charge in [0.2, 0.25) is 0 Å². The van der Waals surface area contributed by atoms with E-state index >= 15 is 0 Å². The summed E-state index contributed by atoms with van der Waals surface area (Å²) in [6.45, 7) is 5.31. The van der Waals surface area contributed by atoms with Gasteiger partial charge in [0.25, 0.3) is 0 Å². The second-order valence-corrected chi connectivity index (χ2v) is 8.18. The highest BCUT2D eigenvalue weighted by Gasteiger charge is 2.23. The Morgan fingerprint density at radius 3 is 2.37 bits per heavy atom. The summed E-state index contributed by atoms with van der Waals surface area (Å²) >= 11 is 6.05. The highest BCUT2D eigenvalue weighted by Crippen LogP contribution is 2.23. The number of methoxy groups -OCH3 is 1. The Bertz CT molecular complexity index is 865. The fraction of sp³-hybridized carbons (Fsp3) is 0.364. The maximum Gasteiger partial charge on any atom is 0.422 e. The van der Waals surface area contributed by atoms with Crippen LogP contribution in [0.15, 0.2) is 48.5 Å². The molecule has 1 atom stereocenters. The Kier molecular flexibility index (Phi) is 8.23. The highest BCUT2D eigenvalue weighted by molar-refractivity contribution is 6.30. The molecule has 0 aliphatic rings. The van der Waals surface area contributed by atoms with Gasteiger partial charge in [-0.25, -0.2) is 14.6 Å². The zero-order chi connectivity index (χ0) is 22.3. The average molecular weight is 435 g/mol. The molecule has 7 nitrogen and oxygen atoms in total. The second kappa shape index (κ2) is 10.4. The van der Waals surface area contributed by atoms with Crippen molar-refractivity contribution in [1.29, 1.82) is 0 Å². The molecule has 0 aliphatic heterocycles. The third-order valence-electron chi connectivity index (χ3n) is 4.00. The predicted octanol–water partition coefficient (Wildman–Crippen LogP) is 3.78. The van der Waals surface area contributed by atoms with Crippen LogP contribution in [0.5, 0.6) is 0 Å². The topological polar surface area (TPSA) is 88.1 Å². The van der Waals surface area contributed by atoms with Crippen molar-refractivity contribution in [2.75, 3.05) is 13.7 Å². The van der Waals surface area contributed by atoms with Crippen LogP contribution >= 0.6 is 11.6 Å². The van der Waals surface area contributed by atoms with Gasteiger partial charge in [0.15, 0.2) is 6.10 Å².